The number of nitrogens with one attached hydrogen (secondary N) is 1. The van der Waals surface area contributed by atoms with Crippen LogP contribution in [0.25, 0.3) is 0 Å². The number of nitrogens with two attached hydrogens (primary N) is 1. The van der Waals surface area contributed by atoms with Crippen molar-refractivity contribution in [2.45, 2.75) is 51.7 Å². The van der Waals surface area contributed by atoms with Crippen LogP contribution < -0.4 is 20.5 Å². The number of hydrogen-bond acceptors (Lipinski definition) is 6. The number of nitrogens with zero attached hydrogens (tertiary/aromatic N) is 3. The van der Waals surface area contributed by atoms with Crippen LogP contribution in [0.2, 0.25) is 0 Å². The monoisotopic (exact) mass is 415 g/mol. The first-order valence-electron chi connectivity index (χ1n) is 10.1. The second-order valence-electron chi connectivity index (χ2n) is 7.84. The van der Waals surface area contributed by atoms with Gasteiger partial charge in [0.1, 0.15) is 17.7 Å². The maximum Gasteiger partial charge on any atom is 0.260 e. The number of aliphatic imine (C=N–C) groups is 2. The van der Waals surface area contributed by atoms with Crippen LogP contribution in [0.1, 0.15) is 44.7 Å². The molecule has 0 saturated heterocycles. The van der Waals surface area contributed by atoms with Crippen LogP contribution in [0.3, 0.4) is 0 Å². The molecule has 0 atom stereocenters. The highest BCUT2D eigenvalue weighted by molar-refractivity contribution is 6.03. The fourth-order valence-electron chi connectivity index (χ4n) is 3.16. The largest absolute Gasteiger partial charge is 0.490 e. The van der Waals surface area contributed by atoms with Gasteiger partial charge in [-0.05, 0) is 45.7 Å². The van der Waals surface area contributed by atoms with Gasteiger partial charge in [-0.1, -0.05) is 5.16 Å². The van der Waals surface area contributed by atoms with Crippen LogP contribution in [-0.2, 0) is 16.1 Å². The lowest BCUT2D eigenvalue weighted by Gasteiger charge is -2.18. The van der Waals surface area contributed by atoms with Gasteiger partial charge in [0.15, 0.2) is 18.1 Å². The normalized spacial score (nSPS) is 17.8. The molecule has 1 aromatic carbocycles. The highest BCUT2D eigenvalue weighted by Gasteiger charge is 2.33. The van der Waals surface area contributed by atoms with Gasteiger partial charge in [-0.15, -0.1) is 0 Å². The zero-order valence-electron chi connectivity index (χ0n) is 17.7. The minimum Gasteiger partial charge on any atom is -0.490 e. The molecule has 2 aliphatic rings. The van der Waals surface area contributed by atoms with Crippen molar-refractivity contribution in [3.05, 3.63) is 23.3 Å². The maximum atomic E-state index is 11.9. The van der Waals surface area contributed by atoms with Crippen LogP contribution in [-0.4, -0.2) is 55.7 Å². The molecule has 1 aliphatic heterocycles. The Hall–Kier alpha value is -3.10. The van der Waals surface area contributed by atoms with Gasteiger partial charge in [0.2, 0.25) is 0 Å². The summed E-state index contributed by atoms with van der Waals surface area (Å²) < 4.78 is 11.9. The van der Waals surface area contributed by atoms with E-state index < -0.39 is 0 Å². The van der Waals surface area contributed by atoms with Crippen LogP contribution in [0.15, 0.2) is 27.3 Å². The molecule has 162 valence electrons. The minimum absolute atomic E-state index is 0.149. The fraction of sp³-hybridized carbons (Fsp3) is 0.524. The molecule has 1 aliphatic carbocycles. The van der Waals surface area contributed by atoms with Crippen molar-refractivity contribution in [3.8, 4) is 11.5 Å². The first-order valence-corrected chi connectivity index (χ1v) is 10.1. The van der Waals surface area contributed by atoms with E-state index in [1.807, 2.05) is 32.9 Å². The average molecular weight is 415 g/mol. The molecule has 9 heteroatoms. The summed E-state index contributed by atoms with van der Waals surface area (Å²) in [6, 6.07) is 4.13. The molecule has 30 heavy (non-hydrogen) atoms. The van der Waals surface area contributed by atoms with Crippen molar-refractivity contribution in [1.82, 2.24) is 5.32 Å². The summed E-state index contributed by atoms with van der Waals surface area (Å²) in [5.41, 5.74) is 7.30. The number of rotatable bonds is 10. The molecule has 3 rings (SSSR count). The first kappa shape index (κ1) is 21.6. The summed E-state index contributed by atoms with van der Waals surface area (Å²) in [4.78, 5) is 25.2. The van der Waals surface area contributed by atoms with Crippen LogP contribution >= 0.6 is 0 Å². The molecule has 1 amide bonds. The number of carbonyl (C=O) groups excluding carboxylic acids is 1. The Labute approximate surface area is 176 Å². The smallest absolute Gasteiger partial charge is 0.260 e. The standard InChI is InChI=1S/C21H29N5O4/c1-4-28-18-8-14(7-15-9-21(2,3)30-20(15)18)17(10-23-13-24-12-22)26-29-11-19(27)25-16-5-6-16/h7-8,12-13,16H,4-6,9-11H2,1-3H3,(H,25,27)(H2,22,23,24)/b26-17+. The van der Waals surface area contributed by atoms with Gasteiger partial charge in [-0.2, -0.15) is 0 Å². The molecule has 0 spiro atoms. The van der Waals surface area contributed by atoms with E-state index in [0.717, 1.165) is 42.5 Å². The van der Waals surface area contributed by atoms with Crippen molar-refractivity contribution < 1.29 is 19.1 Å². The molecule has 1 aromatic rings. The molecule has 1 heterocycles. The third kappa shape index (κ3) is 5.95. The van der Waals surface area contributed by atoms with E-state index in [9.17, 15) is 4.79 Å². The zero-order chi connectivity index (χ0) is 21.6. The minimum atomic E-state index is -0.310. The Kier molecular flexibility index (Phi) is 6.91. The van der Waals surface area contributed by atoms with Gasteiger partial charge in [0.25, 0.3) is 5.91 Å². The van der Waals surface area contributed by atoms with Gasteiger partial charge in [0, 0.05) is 23.6 Å². The van der Waals surface area contributed by atoms with E-state index in [1.165, 1.54) is 6.34 Å². The predicted octanol–water partition coefficient (Wildman–Crippen LogP) is 1.81. The van der Waals surface area contributed by atoms with Crippen LogP contribution in [0, 0.1) is 0 Å². The number of amides is 1. The number of ether oxygens (including phenoxy) is 2. The topological polar surface area (TPSA) is 120 Å². The van der Waals surface area contributed by atoms with Gasteiger partial charge >= 0.3 is 0 Å². The van der Waals surface area contributed by atoms with Crippen molar-refractivity contribution in [1.29, 1.82) is 0 Å². The summed E-state index contributed by atoms with van der Waals surface area (Å²) in [5.74, 6) is 1.22. The molecule has 0 bridgehead atoms. The number of fused-ring (bicyclic) bond motifs is 1. The molecule has 9 nitrogen and oxygen atoms in total. The summed E-state index contributed by atoms with van der Waals surface area (Å²) in [6.07, 6.45) is 5.28. The lowest BCUT2D eigenvalue weighted by molar-refractivity contribution is -0.125. The molecule has 1 fully saturated rings. The Morgan fingerprint density at radius 2 is 2.20 bits per heavy atom. The average Bonchev–Trinajstić information content (AvgIpc) is 3.43. The number of benzene rings is 1. The summed E-state index contributed by atoms with van der Waals surface area (Å²) in [7, 11) is 0. The second kappa shape index (κ2) is 9.60. The fourth-order valence-corrected chi connectivity index (χ4v) is 3.16. The third-order valence-corrected chi connectivity index (χ3v) is 4.55. The summed E-state index contributed by atoms with van der Waals surface area (Å²) >= 11 is 0. The molecule has 0 aromatic heterocycles. The lowest BCUT2D eigenvalue weighted by Crippen LogP contribution is -2.28. The van der Waals surface area contributed by atoms with Gasteiger partial charge in [-0.3, -0.25) is 9.79 Å². The predicted molar refractivity (Wildman–Crippen MR) is 116 cm³/mol. The first-order chi connectivity index (χ1) is 14.4. The number of carbonyl (C=O) groups is 1. The van der Waals surface area contributed by atoms with Crippen LogP contribution in [0.5, 0.6) is 11.5 Å². The van der Waals surface area contributed by atoms with Crippen molar-refractivity contribution in [2.24, 2.45) is 20.9 Å². The van der Waals surface area contributed by atoms with Gasteiger partial charge < -0.3 is 25.4 Å². The van der Waals surface area contributed by atoms with E-state index in [1.54, 1.807) is 0 Å². The maximum absolute atomic E-state index is 11.9. The zero-order valence-corrected chi connectivity index (χ0v) is 17.7. The third-order valence-electron chi connectivity index (χ3n) is 4.55. The Bertz CT molecular complexity index is 859. The van der Waals surface area contributed by atoms with E-state index in [-0.39, 0.29) is 30.7 Å². The van der Waals surface area contributed by atoms with Crippen LogP contribution in [0.4, 0.5) is 0 Å². The second-order valence-corrected chi connectivity index (χ2v) is 7.84. The Balaban J connectivity index is 1.83. The van der Waals surface area contributed by atoms with Crippen molar-refractivity contribution >= 4 is 24.3 Å². The number of hydrogen-bond donors (Lipinski definition) is 2. The van der Waals surface area contributed by atoms with E-state index >= 15 is 0 Å². The SMILES string of the molecule is CCOc1cc(/C(CN=CN=CN)=N/OCC(=O)NC2CC2)cc2c1OC(C)(C)C2. The molecule has 1 saturated carbocycles. The Morgan fingerprint density at radius 1 is 1.40 bits per heavy atom. The molecule has 3 N–H and O–H groups in total. The molecular formula is C21H29N5O4. The van der Waals surface area contributed by atoms with Gasteiger partial charge in [-0.25, -0.2) is 4.99 Å². The van der Waals surface area contributed by atoms with Crippen molar-refractivity contribution in [3.63, 3.8) is 0 Å². The Morgan fingerprint density at radius 3 is 2.90 bits per heavy atom. The van der Waals surface area contributed by atoms with E-state index in [2.05, 4.69) is 20.5 Å². The van der Waals surface area contributed by atoms with E-state index in [4.69, 9.17) is 20.0 Å². The molecule has 0 radical (unpaired) electrons. The molecule has 0 unspecified atom stereocenters. The van der Waals surface area contributed by atoms with Gasteiger partial charge in [0.05, 0.1) is 19.5 Å². The van der Waals surface area contributed by atoms with E-state index in [0.29, 0.717) is 18.1 Å². The number of oxime groups is 1. The highest BCUT2D eigenvalue weighted by atomic mass is 16.6. The summed E-state index contributed by atoms with van der Waals surface area (Å²) in [5, 5.41) is 7.05. The summed E-state index contributed by atoms with van der Waals surface area (Å²) in [6.45, 7) is 6.56. The molecular weight excluding hydrogens is 386 g/mol. The quantitative estimate of drug-likeness (QED) is 0.343. The highest BCUT2D eigenvalue weighted by Crippen LogP contribution is 2.43. The van der Waals surface area contributed by atoms with Crippen molar-refractivity contribution in [2.75, 3.05) is 19.8 Å². The lowest BCUT2D eigenvalue weighted by atomic mass is 9.98.